The maximum absolute atomic E-state index is 12.5. The first-order valence-electron chi connectivity index (χ1n) is 5.68. The molecule has 0 spiro atoms. The second-order valence-corrected chi connectivity index (χ2v) is 4.12. The second-order valence-electron chi connectivity index (χ2n) is 3.27. The molecule has 1 rings (SSSR count). The van der Waals surface area contributed by atoms with Gasteiger partial charge in [-0.05, 0) is 54.9 Å². The van der Waals surface area contributed by atoms with Gasteiger partial charge in [0.25, 0.3) is 0 Å². The molecule has 102 valence electrons. The average molecular weight is 321 g/mol. The lowest BCUT2D eigenvalue weighted by Gasteiger charge is -2.09. The van der Waals surface area contributed by atoms with Crippen molar-refractivity contribution in [3.05, 3.63) is 34.1 Å². The minimum atomic E-state index is -0.356. The zero-order chi connectivity index (χ0) is 14.0. The zero-order valence-corrected chi connectivity index (χ0v) is 12.4. The number of ether oxygens (including phenoxy) is 2. The molecule has 0 heterocycles. The van der Waals surface area contributed by atoms with E-state index in [0.717, 1.165) is 13.2 Å². The fraction of sp³-hybridized carbons (Fsp3) is 0.462. The van der Waals surface area contributed by atoms with Crippen LogP contribution in [0.25, 0.3) is 0 Å². The third-order valence-electron chi connectivity index (χ3n) is 1.88. The van der Waals surface area contributed by atoms with E-state index in [0.29, 0.717) is 16.3 Å². The molecule has 1 aromatic rings. The number of hydrogen-bond donors (Lipinski definition) is 0. The van der Waals surface area contributed by atoms with Crippen molar-refractivity contribution in [2.75, 3.05) is 13.2 Å². The van der Waals surface area contributed by atoms with Crippen LogP contribution >= 0.6 is 15.9 Å². The number of carbonyl (C=O) groups is 1. The Hall–Kier alpha value is -0.780. The monoisotopic (exact) mass is 320 g/mol. The summed E-state index contributed by atoms with van der Waals surface area (Å²) in [7, 11) is 0. The molecule has 3 nitrogen and oxygen atoms in total. The molecule has 0 bridgehead atoms. The Morgan fingerprint density at radius 2 is 1.89 bits per heavy atom. The number of halogens is 2. The van der Waals surface area contributed by atoms with Crippen LogP contribution in [0.5, 0.6) is 0 Å². The van der Waals surface area contributed by atoms with E-state index >= 15 is 0 Å². The van der Waals surface area contributed by atoms with Crippen molar-refractivity contribution in [1.82, 2.24) is 0 Å². The first kappa shape index (κ1) is 17.2. The van der Waals surface area contributed by atoms with Crippen molar-refractivity contribution in [2.24, 2.45) is 0 Å². The van der Waals surface area contributed by atoms with Crippen molar-refractivity contribution in [3.8, 4) is 0 Å². The highest BCUT2D eigenvalue weighted by Gasteiger charge is 1.97. The van der Waals surface area contributed by atoms with E-state index in [1.54, 1.807) is 0 Å². The van der Waals surface area contributed by atoms with Gasteiger partial charge in [0.15, 0.2) is 6.29 Å². The van der Waals surface area contributed by atoms with E-state index in [1.165, 1.54) is 18.2 Å². The van der Waals surface area contributed by atoms with Gasteiger partial charge in [-0.1, -0.05) is 0 Å². The predicted octanol–water partition coefficient (Wildman–Crippen LogP) is 3.81. The Morgan fingerprint density at radius 1 is 1.33 bits per heavy atom. The number of carbonyl (C=O) groups excluding carboxylic acids is 1. The largest absolute Gasteiger partial charge is 0.353 e. The molecule has 0 atom stereocenters. The topological polar surface area (TPSA) is 35.5 Å². The van der Waals surface area contributed by atoms with Crippen LogP contribution in [0.3, 0.4) is 0 Å². The van der Waals surface area contributed by atoms with E-state index in [1.807, 2.05) is 20.8 Å². The molecular formula is C13H18BrFO3. The summed E-state index contributed by atoms with van der Waals surface area (Å²) in [4.78, 5) is 10.1. The summed E-state index contributed by atoms with van der Waals surface area (Å²) in [5, 5.41) is 0. The van der Waals surface area contributed by atoms with Crippen molar-refractivity contribution >= 4 is 22.2 Å². The Kier molecular flexibility index (Phi) is 9.73. The van der Waals surface area contributed by atoms with Gasteiger partial charge in [0.05, 0.1) is 4.47 Å². The summed E-state index contributed by atoms with van der Waals surface area (Å²) in [6.07, 6.45) is 0.634. The average Bonchev–Trinajstić information content (AvgIpc) is 2.34. The molecule has 0 aromatic heterocycles. The molecule has 0 aliphatic rings. The molecule has 0 amide bonds. The SMILES string of the molecule is CCOC(C)OCC.O=Cc1ccc(F)c(Br)c1. The summed E-state index contributed by atoms with van der Waals surface area (Å²) >= 11 is 2.95. The quantitative estimate of drug-likeness (QED) is 0.611. The summed E-state index contributed by atoms with van der Waals surface area (Å²) in [6, 6.07) is 4.10. The summed E-state index contributed by atoms with van der Waals surface area (Å²) < 4.78 is 22.9. The minimum absolute atomic E-state index is 0.0370. The molecule has 0 aliphatic heterocycles. The van der Waals surface area contributed by atoms with E-state index in [4.69, 9.17) is 9.47 Å². The number of rotatable bonds is 5. The lowest BCUT2D eigenvalue weighted by Crippen LogP contribution is -2.11. The van der Waals surface area contributed by atoms with Crippen LogP contribution in [-0.2, 0) is 9.47 Å². The lowest BCUT2D eigenvalue weighted by molar-refractivity contribution is -0.123. The Labute approximate surface area is 115 Å². The molecule has 0 aliphatic carbocycles. The van der Waals surface area contributed by atoms with E-state index in [-0.39, 0.29) is 12.1 Å². The fourth-order valence-electron chi connectivity index (χ4n) is 1.10. The third-order valence-corrected chi connectivity index (χ3v) is 2.49. The Morgan fingerprint density at radius 3 is 2.28 bits per heavy atom. The zero-order valence-electron chi connectivity index (χ0n) is 10.8. The number of hydrogen-bond acceptors (Lipinski definition) is 3. The minimum Gasteiger partial charge on any atom is -0.353 e. The molecule has 0 saturated heterocycles. The molecule has 5 heteroatoms. The van der Waals surface area contributed by atoms with Gasteiger partial charge in [0, 0.05) is 18.8 Å². The molecule has 18 heavy (non-hydrogen) atoms. The van der Waals surface area contributed by atoms with Gasteiger partial charge in [-0.3, -0.25) is 4.79 Å². The van der Waals surface area contributed by atoms with Crippen molar-refractivity contribution in [3.63, 3.8) is 0 Å². The van der Waals surface area contributed by atoms with Crippen LogP contribution < -0.4 is 0 Å². The van der Waals surface area contributed by atoms with Crippen molar-refractivity contribution in [1.29, 1.82) is 0 Å². The van der Waals surface area contributed by atoms with Crippen LogP contribution in [0, 0.1) is 5.82 Å². The van der Waals surface area contributed by atoms with Crippen LogP contribution in [0.2, 0.25) is 0 Å². The van der Waals surface area contributed by atoms with Gasteiger partial charge in [0.1, 0.15) is 12.1 Å². The molecule has 0 saturated carbocycles. The van der Waals surface area contributed by atoms with Crippen LogP contribution in [0.1, 0.15) is 31.1 Å². The standard InChI is InChI=1S/C7H4BrFO.C6H14O2/c8-6-3-5(4-10)1-2-7(6)9;1-4-7-6(3)8-5-2/h1-4H;6H,4-5H2,1-3H3. The molecule has 0 unspecified atom stereocenters. The van der Waals surface area contributed by atoms with Crippen LogP contribution in [0.4, 0.5) is 4.39 Å². The maximum atomic E-state index is 12.5. The fourth-order valence-corrected chi connectivity index (χ4v) is 1.50. The van der Waals surface area contributed by atoms with Gasteiger partial charge >= 0.3 is 0 Å². The number of benzene rings is 1. The summed E-state index contributed by atoms with van der Waals surface area (Å²) in [5.41, 5.74) is 0.466. The lowest BCUT2D eigenvalue weighted by atomic mass is 10.2. The second kappa shape index (κ2) is 10.2. The highest BCUT2D eigenvalue weighted by molar-refractivity contribution is 9.10. The Bertz CT molecular complexity index is 352. The van der Waals surface area contributed by atoms with Gasteiger partial charge in [0.2, 0.25) is 0 Å². The first-order chi connectivity index (χ1) is 8.54. The van der Waals surface area contributed by atoms with Gasteiger partial charge in [-0.25, -0.2) is 4.39 Å². The maximum Gasteiger partial charge on any atom is 0.154 e. The smallest absolute Gasteiger partial charge is 0.154 e. The normalized spacial score (nSPS) is 9.89. The number of aldehydes is 1. The van der Waals surface area contributed by atoms with Gasteiger partial charge < -0.3 is 9.47 Å². The van der Waals surface area contributed by atoms with E-state index < -0.39 is 0 Å². The van der Waals surface area contributed by atoms with Crippen molar-refractivity contribution < 1.29 is 18.7 Å². The highest BCUT2D eigenvalue weighted by Crippen LogP contribution is 2.15. The first-order valence-corrected chi connectivity index (χ1v) is 6.47. The van der Waals surface area contributed by atoms with Crippen molar-refractivity contribution in [2.45, 2.75) is 27.1 Å². The Balaban J connectivity index is 0.000000331. The molecule has 0 fully saturated rings. The molecular weight excluding hydrogens is 303 g/mol. The van der Waals surface area contributed by atoms with Crippen LogP contribution in [0.15, 0.2) is 22.7 Å². The molecule has 0 N–H and O–H groups in total. The predicted molar refractivity (Wildman–Crippen MR) is 72.2 cm³/mol. The summed E-state index contributed by atoms with van der Waals surface area (Å²) in [5.74, 6) is -0.356. The highest BCUT2D eigenvalue weighted by atomic mass is 79.9. The van der Waals surface area contributed by atoms with Gasteiger partial charge in [-0.2, -0.15) is 0 Å². The van der Waals surface area contributed by atoms with Crippen LogP contribution in [-0.4, -0.2) is 25.8 Å². The van der Waals surface area contributed by atoms with E-state index in [2.05, 4.69) is 15.9 Å². The third kappa shape index (κ3) is 7.53. The summed E-state index contributed by atoms with van der Waals surface area (Å²) in [6.45, 7) is 7.25. The van der Waals surface area contributed by atoms with Gasteiger partial charge in [-0.15, -0.1) is 0 Å². The van der Waals surface area contributed by atoms with E-state index in [9.17, 15) is 9.18 Å². The molecule has 1 aromatic carbocycles. The molecule has 0 radical (unpaired) electrons.